The molecule has 0 spiro atoms. The van der Waals surface area contributed by atoms with Gasteiger partial charge in [0, 0.05) is 25.0 Å². The molecule has 1 aromatic carbocycles. The minimum Gasteiger partial charge on any atom is -0.378 e. The quantitative estimate of drug-likeness (QED) is 0.918. The van der Waals surface area contributed by atoms with Gasteiger partial charge in [0.1, 0.15) is 0 Å². The van der Waals surface area contributed by atoms with Gasteiger partial charge in [0.15, 0.2) is 11.6 Å². The maximum Gasteiger partial charge on any atom is 0.220 e. The number of halogens is 2. The van der Waals surface area contributed by atoms with E-state index in [0.29, 0.717) is 30.4 Å². The fraction of sp³-hybridized carbons (Fsp3) is 0.533. The number of ether oxygens (including phenoxy) is 1. The Kier molecular flexibility index (Phi) is 3.70. The van der Waals surface area contributed by atoms with Crippen molar-refractivity contribution in [1.29, 1.82) is 0 Å². The molecule has 3 atom stereocenters. The summed E-state index contributed by atoms with van der Waals surface area (Å²) < 4.78 is 31.3. The highest BCUT2D eigenvalue weighted by Crippen LogP contribution is 2.38. The Morgan fingerprint density at radius 3 is 2.95 bits per heavy atom. The van der Waals surface area contributed by atoms with Crippen LogP contribution in [-0.4, -0.2) is 24.7 Å². The fourth-order valence-corrected chi connectivity index (χ4v) is 3.00. The first-order valence-corrected chi connectivity index (χ1v) is 6.98. The molecule has 1 N–H and O–H groups in total. The Morgan fingerprint density at radius 1 is 1.35 bits per heavy atom. The van der Waals surface area contributed by atoms with E-state index < -0.39 is 11.6 Å². The van der Waals surface area contributed by atoms with E-state index in [1.54, 1.807) is 0 Å². The van der Waals surface area contributed by atoms with Crippen LogP contribution in [0.4, 0.5) is 8.78 Å². The first kappa shape index (κ1) is 13.5. The Labute approximate surface area is 116 Å². The molecular weight excluding hydrogens is 264 g/mol. The molecule has 20 heavy (non-hydrogen) atoms. The molecule has 1 aliphatic heterocycles. The second kappa shape index (κ2) is 5.48. The van der Waals surface area contributed by atoms with Crippen LogP contribution >= 0.6 is 0 Å². The summed E-state index contributed by atoms with van der Waals surface area (Å²) in [4.78, 5) is 11.8. The Hall–Kier alpha value is -1.49. The number of hydrogen-bond acceptors (Lipinski definition) is 2. The summed E-state index contributed by atoms with van der Waals surface area (Å²) in [6.07, 6.45) is 2.94. The normalized spacial score (nSPS) is 27.8. The summed E-state index contributed by atoms with van der Waals surface area (Å²) in [5.74, 6) is -1.31. The van der Waals surface area contributed by atoms with Gasteiger partial charge in [0.25, 0.3) is 0 Å². The van der Waals surface area contributed by atoms with Crippen molar-refractivity contribution in [3.05, 3.63) is 35.4 Å². The topological polar surface area (TPSA) is 38.3 Å². The SMILES string of the molecule is O=C(CCc1ccc(F)c(F)c1)N[C@@H]1C[C@@H]2OCC[C@@H]21. The van der Waals surface area contributed by atoms with Gasteiger partial charge in [-0.25, -0.2) is 8.78 Å². The molecular formula is C15H17F2NO2. The number of hydrogen-bond donors (Lipinski definition) is 1. The second-order valence-corrected chi connectivity index (χ2v) is 5.52. The van der Waals surface area contributed by atoms with Crippen LogP contribution in [0.25, 0.3) is 0 Å². The molecule has 1 aliphatic carbocycles. The number of rotatable bonds is 4. The first-order valence-electron chi connectivity index (χ1n) is 6.98. The van der Waals surface area contributed by atoms with Gasteiger partial charge in [-0.15, -0.1) is 0 Å². The molecule has 1 aromatic rings. The number of carbonyl (C=O) groups excluding carboxylic acids is 1. The lowest BCUT2D eigenvalue weighted by molar-refractivity contribution is -0.124. The molecule has 0 unspecified atom stereocenters. The van der Waals surface area contributed by atoms with Crippen molar-refractivity contribution in [2.45, 2.75) is 37.8 Å². The standard InChI is InChI=1S/C15H17F2NO2/c16-11-3-1-9(7-12(11)17)2-4-15(19)18-13-8-14-10(13)5-6-20-14/h1,3,7,10,13-14H,2,4-6,8H2,(H,18,19)/t10-,13-,14+/m1/s1. The monoisotopic (exact) mass is 281 g/mol. The van der Waals surface area contributed by atoms with E-state index in [1.807, 2.05) is 0 Å². The Balaban J connectivity index is 1.46. The van der Waals surface area contributed by atoms with Crippen molar-refractivity contribution in [1.82, 2.24) is 5.32 Å². The molecule has 0 aromatic heterocycles. The third kappa shape index (κ3) is 2.68. The molecule has 0 bridgehead atoms. The van der Waals surface area contributed by atoms with E-state index in [2.05, 4.69) is 5.32 Å². The van der Waals surface area contributed by atoms with E-state index in [1.165, 1.54) is 6.07 Å². The van der Waals surface area contributed by atoms with E-state index in [4.69, 9.17) is 4.74 Å². The zero-order valence-electron chi connectivity index (χ0n) is 11.1. The summed E-state index contributed by atoms with van der Waals surface area (Å²) in [7, 11) is 0. The largest absolute Gasteiger partial charge is 0.378 e. The lowest BCUT2D eigenvalue weighted by atomic mass is 9.76. The molecule has 1 saturated carbocycles. The van der Waals surface area contributed by atoms with Crippen LogP contribution in [0, 0.1) is 17.6 Å². The number of nitrogens with one attached hydrogen (secondary N) is 1. The van der Waals surface area contributed by atoms with Crippen molar-refractivity contribution >= 4 is 5.91 Å². The highest BCUT2D eigenvalue weighted by Gasteiger charge is 2.45. The summed E-state index contributed by atoms with van der Waals surface area (Å²) in [6, 6.07) is 3.97. The van der Waals surface area contributed by atoms with Crippen LogP contribution in [0.2, 0.25) is 0 Å². The molecule has 1 saturated heterocycles. The Morgan fingerprint density at radius 2 is 2.20 bits per heavy atom. The van der Waals surface area contributed by atoms with Gasteiger partial charge in [0.2, 0.25) is 5.91 Å². The van der Waals surface area contributed by atoms with Crippen molar-refractivity contribution in [3.8, 4) is 0 Å². The van der Waals surface area contributed by atoms with Gasteiger partial charge >= 0.3 is 0 Å². The number of benzene rings is 1. The van der Waals surface area contributed by atoms with Crippen LogP contribution < -0.4 is 5.32 Å². The summed E-state index contributed by atoms with van der Waals surface area (Å²) in [5, 5.41) is 3.00. The third-order valence-electron chi connectivity index (χ3n) is 4.23. The smallest absolute Gasteiger partial charge is 0.220 e. The van der Waals surface area contributed by atoms with Crippen molar-refractivity contribution in [2.75, 3.05) is 6.61 Å². The molecule has 5 heteroatoms. The van der Waals surface area contributed by atoms with Gasteiger partial charge in [-0.2, -0.15) is 0 Å². The third-order valence-corrected chi connectivity index (χ3v) is 4.23. The second-order valence-electron chi connectivity index (χ2n) is 5.52. The minimum absolute atomic E-state index is 0.0370. The summed E-state index contributed by atoms with van der Waals surface area (Å²) >= 11 is 0. The minimum atomic E-state index is -0.868. The van der Waals surface area contributed by atoms with Crippen molar-refractivity contribution in [3.63, 3.8) is 0 Å². The molecule has 0 radical (unpaired) electrons. The van der Waals surface area contributed by atoms with E-state index in [-0.39, 0.29) is 11.9 Å². The van der Waals surface area contributed by atoms with Gasteiger partial charge in [-0.1, -0.05) is 6.07 Å². The zero-order chi connectivity index (χ0) is 14.1. The highest BCUT2D eigenvalue weighted by molar-refractivity contribution is 5.76. The first-order chi connectivity index (χ1) is 9.63. The number of aryl methyl sites for hydroxylation is 1. The van der Waals surface area contributed by atoms with Gasteiger partial charge in [-0.05, 0) is 37.0 Å². The number of amides is 1. The molecule has 1 amide bonds. The predicted molar refractivity (Wildman–Crippen MR) is 69.1 cm³/mol. The Bertz CT molecular complexity index is 521. The molecule has 2 aliphatic rings. The molecule has 108 valence electrons. The average molecular weight is 281 g/mol. The van der Waals surface area contributed by atoms with Crippen molar-refractivity contribution < 1.29 is 18.3 Å². The van der Waals surface area contributed by atoms with Crippen molar-refractivity contribution in [2.24, 2.45) is 5.92 Å². The summed E-state index contributed by atoms with van der Waals surface area (Å²) in [5.41, 5.74) is 0.634. The van der Waals surface area contributed by atoms with Crippen LogP contribution in [0.5, 0.6) is 0 Å². The number of fused-ring (bicyclic) bond motifs is 1. The molecule has 1 heterocycles. The van der Waals surface area contributed by atoms with Crippen LogP contribution in [0.1, 0.15) is 24.8 Å². The molecule has 3 nitrogen and oxygen atoms in total. The summed E-state index contributed by atoms with van der Waals surface area (Å²) in [6.45, 7) is 0.788. The lowest BCUT2D eigenvalue weighted by Gasteiger charge is -2.39. The van der Waals surface area contributed by atoms with Gasteiger partial charge in [-0.3, -0.25) is 4.79 Å². The fourth-order valence-electron chi connectivity index (χ4n) is 3.00. The van der Waals surface area contributed by atoms with Gasteiger partial charge in [0.05, 0.1) is 6.10 Å². The molecule has 3 rings (SSSR count). The maximum atomic E-state index is 13.0. The van der Waals surface area contributed by atoms with Crippen LogP contribution in [0.15, 0.2) is 18.2 Å². The van der Waals surface area contributed by atoms with E-state index in [0.717, 1.165) is 31.6 Å². The van der Waals surface area contributed by atoms with E-state index >= 15 is 0 Å². The van der Waals surface area contributed by atoms with Crippen LogP contribution in [0.3, 0.4) is 0 Å². The zero-order valence-corrected chi connectivity index (χ0v) is 11.1. The predicted octanol–water partition coefficient (Wildman–Crippen LogP) is 2.19. The number of carbonyl (C=O) groups is 1. The van der Waals surface area contributed by atoms with Gasteiger partial charge < -0.3 is 10.1 Å². The van der Waals surface area contributed by atoms with Crippen LogP contribution in [-0.2, 0) is 16.0 Å². The average Bonchev–Trinajstić information content (AvgIpc) is 2.79. The molecule has 2 fully saturated rings. The van der Waals surface area contributed by atoms with E-state index in [9.17, 15) is 13.6 Å². The highest BCUT2D eigenvalue weighted by atomic mass is 19.2. The lowest BCUT2D eigenvalue weighted by Crippen LogP contribution is -2.53. The maximum absolute atomic E-state index is 13.0.